The van der Waals surface area contributed by atoms with E-state index in [-0.39, 0.29) is 11.7 Å². The molecular weight excluding hydrogens is 195 g/mol. The summed E-state index contributed by atoms with van der Waals surface area (Å²) in [6.45, 7) is 0.805. The van der Waals surface area contributed by atoms with Crippen molar-refractivity contribution in [1.82, 2.24) is 5.32 Å². The molecule has 0 saturated heterocycles. The number of nitrogens with one attached hydrogen (secondary N) is 1. The number of nitrogens with two attached hydrogens (primary N) is 1. The van der Waals surface area contributed by atoms with Crippen LogP contribution < -0.4 is 11.1 Å². The third kappa shape index (κ3) is 3.91. The molecule has 0 bridgehead atoms. The van der Waals surface area contributed by atoms with Crippen LogP contribution in [0, 0.1) is 5.82 Å². The molecule has 0 unspecified atom stereocenters. The first-order chi connectivity index (χ1) is 7.24. The monoisotopic (exact) mass is 208 g/mol. The molecule has 0 aliphatic carbocycles. The third-order valence-electron chi connectivity index (χ3n) is 1.76. The van der Waals surface area contributed by atoms with Crippen molar-refractivity contribution in [3.8, 4) is 0 Å². The van der Waals surface area contributed by atoms with Crippen molar-refractivity contribution in [2.75, 3.05) is 13.1 Å². The Balaban J connectivity index is 2.58. The van der Waals surface area contributed by atoms with E-state index in [1.807, 2.05) is 0 Å². The molecule has 0 heterocycles. The molecule has 1 aromatic carbocycles. The first-order valence-electron chi connectivity index (χ1n) is 4.64. The van der Waals surface area contributed by atoms with Crippen molar-refractivity contribution in [2.24, 2.45) is 5.73 Å². The van der Waals surface area contributed by atoms with Gasteiger partial charge in [-0.2, -0.15) is 0 Å². The van der Waals surface area contributed by atoms with Gasteiger partial charge >= 0.3 is 0 Å². The average molecular weight is 208 g/mol. The first-order valence-corrected chi connectivity index (χ1v) is 4.64. The van der Waals surface area contributed by atoms with E-state index in [9.17, 15) is 9.18 Å². The number of benzene rings is 1. The van der Waals surface area contributed by atoms with Crippen molar-refractivity contribution in [3.63, 3.8) is 0 Å². The van der Waals surface area contributed by atoms with E-state index in [4.69, 9.17) is 5.73 Å². The molecule has 0 fully saturated rings. The molecule has 1 aromatic rings. The van der Waals surface area contributed by atoms with Gasteiger partial charge in [-0.15, -0.1) is 0 Å². The van der Waals surface area contributed by atoms with Crippen LogP contribution in [0.15, 0.2) is 30.3 Å². The molecule has 1 amide bonds. The molecule has 3 N–H and O–H groups in total. The van der Waals surface area contributed by atoms with Crippen LogP contribution in [0.3, 0.4) is 0 Å². The Morgan fingerprint density at radius 1 is 1.47 bits per heavy atom. The van der Waals surface area contributed by atoms with Crippen LogP contribution in [-0.4, -0.2) is 19.0 Å². The van der Waals surface area contributed by atoms with Crippen LogP contribution in [0.2, 0.25) is 0 Å². The third-order valence-corrected chi connectivity index (χ3v) is 1.76. The molecule has 0 aliphatic heterocycles. The highest BCUT2D eigenvalue weighted by Gasteiger charge is 1.97. The van der Waals surface area contributed by atoms with E-state index in [1.54, 1.807) is 18.2 Å². The Morgan fingerprint density at radius 2 is 2.20 bits per heavy atom. The average Bonchev–Trinajstić information content (AvgIpc) is 2.25. The summed E-state index contributed by atoms with van der Waals surface area (Å²) in [6, 6.07) is 6.25. The van der Waals surface area contributed by atoms with E-state index < -0.39 is 0 Å². The summed E-state index contributed by atoms with van der Waals surface area (Å²) < 4.78 is 13.1. The van der Waals surface area contributed by atoms with Crippen molar-refractivity contribution in [3.05, 3.63) is 41.7 Å². The Bertz CT molecular complexity index is 363. The predicted octanol–water partition coefficient (Wildman–Crippen LogP) is 0.914. The maximum Gasteiger partial charge on any atom is 0.244 e. The van der Waals surface area contributed by atoms with Gasteiger partial charge in [0, 0.05) is 24.7 Å². The molecule has 15 heavy (non-hydrogen) atoms. The first kappa shape index (κ1) is 11.4. The second-order valence-corrected chi connectivity index (χ2v) is 2.93. The molecule has 0 aromatic heterocycles. The summed E-state index contributed by atoms with van der Waals surface area (Å²) in [7, 11) is 0. The number of halogens is 1. The maximum atomic E-state index is 13.1. The summed E-state index contributed by atoms with van der Waals surface area (Å²) in [5, 5.41) is 2.55. The van der Waals surface area contributed by atoms with Gasteiger partial charge in [0.1, 0.15) is 5.82 Å². The highest BCUT2D eigenvalue weighted by molar-refractivity contribution is 5.91. The zero-order valence-electron chi connectivity index (χ0n) is 8.24. The quantitative estimate of drug-likeness (QED) is 0.723. The fraction of sp³-hybridized carbons (Fsp3) is 0.182. The number of hydrogen-bond acceptors (Lipinski definition) is 2. The molecular formula is C11H13FN2O. The molecule has 0 spiro atoms. The van der Waals surface area contributed by atoms with Gasteiger partial charge in [0.15, 0.2) is 0 Å². The van der Waals surface area contributed by atoms with Crippen molar-refractivity contribution in [2.45, 2.75) is 0 Å². The van der Waals surface area contributed by atoms with Gasteiger partial charge in [0.25, 0.3) is 0 Å². The number of carbonyl (C=O) groups excluding carboxylic acids is 1. The normalized spacial score (nSPS) is 10.5. The van der Waals surface area contributed by atoms with Crippen LogP contribution in [0.1, 0.15) is 5.56 Å². The largest absolute Gasteiger partial charge is 0.351 e. The number of amides is 1. The van der Waals surface area contributed by atoms with E-state index in [2.05, 4.69) is 5.32 Å². The second kappa shape index (κ2) is 5.93. The van der Waals surface area contributed by atoms with E-state index in [0.29, 0.717) is 18.7 Å². The van der Waals surface area contributed by atoms with Crippen LogP contribution in [0.25, 0.3) is 6.08 Å². The number of rotatable bonds is 4. The fourth-order valence-electron chi connectivity index (χ4n) is 1.03. The molecule has 1 rings (SSSR count). The summed E-state index contributed by atoms with van der Waals surface area (Å²) in [5.74, 6) is -0.621. The molecule has 0 aliphatic rings. The Labute approximate surface area is 87.8 Å². The van der Waals surface area contributed by atoms with Gasteiger partial charge in [-0.05, 0) is 12.1 Å². The van der Waals surface area contributed by atoms with Crippen LogP contribution in [0.5, 0.6) is 0 Å². The zero-order chi connectivity index (χ0) is 11.1. The SMILES string of the molecule is NCCNC(=O)C=Cc1ccccc1F. The summed E-state index contributed by atoms with van der Waals surface area (Å²) in [6.07, 6.45) is 2.72. The lowest BCUT2D eigenvalue weighted by Gasteiger charge is -1.98. The van der Waals surface area contributed by atoms with E-state index in [0.717, 1.165) is 0 Å². The van der Waals surface area contributed by atoms with E-state index in [1.165, 1.54) is 18.2 Å². The predicted molar refractivity (Wildman–Crippen MR) is 57.5 cm³/mol. The molecule has 0 radical (unpaired) electrons. The van der Waals surface area contributed by atoms with Gasteiger partial charge in [-0.3, -0.25) is 4.79 Å². The minimum Gasteiger partial charge on any atom is -0.351 e. The minimum atomic E-state index is -0.347. The summed E-state index contributed by atoms with van der Waals surface area (Å²) >= 11 is 0. The zero-order valence-corrected chi connectivity index (χ0v) is 8.24. The minimum absolute atomic E-state index is 0.274. The lowest BCUT2D eigenvalue weighted by atomic mass is 10.2. The smallest absolute Gasteiger partial charge is 0.244 e. The number of carbonyl (C=O) groups is 1. The second-order valence-electron chi connectivity index (χ2n) is 2.93. The Hall–Kier alpha value is -1.68. The van der Waals surface area contributed by atoms with Gasteiger partial charge in [-0.25, -0.2) is 4.39 Å². The van der Waals surface area contributed by atoms with Crippen LogP contribution in [-0.2, 0) is 4.79 Å². The summed E-state index contributed by atoms with van der Waals surface area (Å²) in [4.78, 5) is 11.1. The van der Waals surface area contributed by atoms with Crippen molar-refractivity contribution in [1.29, 1.82) is 0 Å². The van der Waals surface area contributed by atoms with Crippen molar-refractivity contribution < 1.29 is 9.18 Å². The summed E-state index contributed by atoms with van der Waals surface area (Å²) in [5.41, 5.74) is 5.60. The van der Waals surface area contributed by atoms with E-state index >= 15 is 0 Å². The van der Waals surface area contributed by atoms with Gasteiger partial charge < -0.3 is 11.1 Å². The van der Waals surface area contributed by atoms with Crippen LogP contribution in [0.4, 0.5) is 4.39 Å². The molecule has 4 heteroatoms. The lowest BCUT2D eigenvalue weighted by Crippen LogP contribution is -2.27. The number of hydrogen-bond donors (Lipinski definition) is 2. The standard InChI is InChI=1S/C11H13FN2O/c12-10-4-2-1-3-9(10)5-6-11(15)14-8-7-13/h1-6H,7-8,13H2,(H,14,15). The molecule has 0 atom stereocenters. The highest BCUT2D eigenvalue weighted by atomic mass is 19.1. The van der Waals surface area contributed by atoms with Crippen LogP contribution >= 0.6 is 0 Å². The lowest BCUT2D eigenvalue weighted by molar-refractivity contribution is -0.116. The van der Waals surface area contributed by atoms with Gasteiger partial charge in [-0.1, -0.05) is 18.2 Å². The van der Waals surface area contributed by atoms with Crippen molar-refractivity contribution >= 4 is 12.0 Å². The van der Waals surface area contributed by atoms with Gasteiger partial charge in [0.05, 0.1) is 0 Å². The topological polar surface area (TPSA) is 55.1 Å². The highest BCUT2D eigenvalue weighted by Crippen LogP contribution is 2.07. The molecule has 0 saturated carbocycles. The molecule has 3 nitrogen and oxygen atoms in total. The Morgan fingerprint density at radius 3 is 2.87 bits per heavy atom. The van der Waals surface area contributed by atoms with Gasteiger partial charge in [0.2, 0.25) is 5.91 Å². The molecule has 80 valence electrons. The maximum absolute atomic E-state index is 13.1. The Kier molecular flexibility index (Phi) is 4.50. The fourth-order valence-corrected chi connectivity index (χ4v) is 1.03.